The summed E-state index contributed by atoms with van der Waals surface area (Å²) in [7, 11) is 1.54. The van der Waals surface area contributed by atoms with E-state index in [1.54, 1.807) is 31.4 Å². The predicted octanol–water partition coefficient (Wildman–Crippen LogP) is 4.25. The molecule has 146 valence electrons. The van der Waals surface area contributed by atoms with Crippen LogP contribution in [0.15, 0.2) is 34.8 Å². The summed E-state index contributed by atoms with van der Waals surface area (Å²) in [5.74, 6) is 0.193. The Hall–Kier alpha value is -2.67. The second-order valence-corrected chi connectivity index (χ2v) is 7.55. The zero-order valence-corrected chi connectivity index (χ0v) is 17.3. The number of ketones is 1. The van der Waals surface area contributed by atoms with E-state index in [1.165, 1.54) is 0 Å². The van der Waals surface area contributed by atoms with Crippen molar-refractivity contribution in [3.63, 3.8) is 0 Å². The molecule has 0 bridgehead atoms. The summed E-state index contributed by atoms with van der Waals surface area (Å²) in [6, 6.07) is 8.84. The summed E-state index contributed by atoms with van der Waals surface area (Å²) in [4.78, 5) is 36.2. The highest BCUT2D eigenvalue weighted by atomic mass is 79.9. The number of carbonyl (C=O) groups excluding carboxylic acids is 3. The van der Waals surface area contributed by atoms with E-state index in [0.29, 0.717) is 29.8 Å². The van der Waals surface area contributed by atoms with Gasteiger partial charge < -0.3 is 15.4 Å². The van der Waals surface area contributed by atoms with Crippen LogP contribution in [0.5, 0.6) is 5.75 Å². The first-order chi connectivity index (χ1) is 13.4. The number of fused-ring (bicyclic) bond motifs is 1. The Morgan fingerprint density at radius 3 is 2.71 bits per heavy atom. The van der Waals surface area contributed by atoms with Gasteiger partial charge in [-0.25, -0.2) is 0 Å². The van der Waals surface area contributed by atoms with Crippen molar-refractivity contribution in [2.45, 2.75) is 32.6 Å². The zero-order chi connectivity index (χ0) is 20.3. The van der Waals surface area contributed by atoms with Crippen LogP contribution in [0.2, 0.25) is 0 Å². The highest BCUT2D eigenvalue weighted by molar-refractivity contribution is 9.10. The maximum absolute atomic E-state index is 12.5. The smallest absolute Gasteiger partial charge is 0.224 e. The van der Waals surface area contributed by atoms with Gasteiger partial charge in [-0.2, -0.15) is 0 Å². The van der Waals surface area contributed by atoms with Crippen molar-refractivity contribution in [2.75, 3.05) is 17.7 Å². The number of ether oxygens (including phenoxy) is 1. The van der Waals surface area contributed by atoms with Gasteiger partial charge in [-0.1, -0.05) is 15.9 Å². The van der Waals surface area contributed by atoms with Gasteiger partial charge in [0.1, 0.15) is 5.75 Å². The van der Waals surface area contributed by atoms with Gasteiger partial charge in [0.25, 0.3) is 0 Å². The van der Waals surface area contributed by atoms with Gasteiger partial charge in [-0.05, 0) is 54.8 Å². The molecular weight excluding hydrogens is 424 g/mol. The topological polar surface area (TPSA) is 84.5 Å². The van der Waals surface area contributed by atoms with Crippen LogP contribution in [-0.4, -0.2) is 24.7 Å². The van der Waals surface area contributed by atoms with Crippen molar-refractivity contribution in [3.05, 3.63) is 51.5 Å². The summed E-state index contributed by atoms with van der Waals surface area (Å²) in [5.41, 5.74) is 3.81. The lowest BCUT2D eigenvalue weighted by Gasteiger charge is -2.17. The molecule has 2 aromatic carbocycles. The quantitative estimate of drug-likeness (QED) is 0.652. The van der Waals surface area contributed by atoms with Crippen molar-refractivity contribution in [3.8, 4) is 5.75 Å². The summed E-state index contributed by atoms with van der Waals surface area (Å²) < 4.78 is 6.17. The first-order valence-corrected chi connectivity index (χ1v) is 9.76. The summed E-state index contributed by atoms with van der Waals surface area (Å²) in [6.45, 7) is 1.93. The highest BCUT2D eigenvalue weighted by Crippen LogP contribution is 2.31. The van der Waals surface area contributed by atoms with Crippen LogP contribution >= 0.6 is 15.9 Å². The molecule has 1 aliphatic heterocycles. The molecule has 0 fully saturated rings. The molecule has 0 radical (unpaired) electrons. The minimum absolute atomic E-state index is 0.0126. The number of aryl methyl sites for hydroxylation is 2. The first-order valence-electron chi connectivity index (χ1n) is 8.97. The lowest BCUT2D eigenvalue weighted by molar-refractivity contribution is -0.117. The molecule has 6 nitrogen and oxygen atoms in total. The molecule has 0 aliphatic carbocycles. The number of rotatable bonds is 6. The van der Waals surface area contributed by atoms with Crippen LogP contribution in [0.25, 0.3) is 0 Å². The standard InChI is InChI=1S/C21H21BrN2O4/c1-12-9-19(28-2)17(11-15(12)22)24-21(27)8-6-18(25)14-3-5-16-13(10-14)4-7-20(26)23-16/h3,5,9-11H,4,6-8H2,1-2H3,(H,23,26)(H,24,27). The number of amides is 2. The first kappa shape index (κ1) is 20.1. The maximum Gasteiger partial charge on any atom is 0.224 e. The molecule has 7 heteroatoms. The maximum atomic E-state index is 12.5. The predicted molar refractivity (Wildman–Crippen MR) is 111 cm³/mol. The molecule has 0 unspecified atom stereocenters. The summed E-state index contributed by atoms with van der Waals surface area (Å²) >= 11 is 3.44. The van der Waals surface area contributed by atoms with Crippen LogP contribution in [0.3, 0.4) is 0 Å². The van der Waals surface area contributed by atoms with Crippen LogP contribution in [0.4, 0.5) is 11.4 Å². The monoisotopic (exact) mass is 444 g/mol. The Labute approximate surface area is 171 Å². The average Bonchev–Trinajstić information content (AvgIpc) is 2.68. The van der Waals surface area contributed by atoms with Gasteiger partial charge in [0, 0.05) is 35.0 Å². The second kappa shape index (κ2) is 8.56. The number of halogens is 1. The molecule has 0 saturated carbocycles. The molecule has 2 N–H and O–H groups in total. The average molecular weight is 445 g/mol. The third kappa shape index (κ3) is 4.59. The van der Waals surface area contributed by atoms with Crippen LogP contribution < -0.4 is 15.4 Å². The number of hydrogen-bond donors (Lipinski definition) is 2. The Morgan fingerprint density at radius 1 is 1.18 bits per heavy atom. The number of carbonyl (C=O) groups is 3. The molecular formula is C21H21BrN2O4. The lowest BCUT2D eigenvalue weighted by atomic mass is 9.97. The summed E-state index contributed by atoms with van der Waals surface area (Å²) in [6.07, 6.45) is 1.21. The van der Waals surface area contributed by atoms with E-state index in [0.717, 1.165) is 21.3 Å². The second-order valence-electron chi connectivity index (χ2n) is 6.69. The van der Waals surface area contributed by atoms with E-state index in [1.807, 2.05) is 13.0 Å². The lowest BCUT2D eigenvalue weighted by Crippen LogP contribution is -2.19. The van der Waals surface area contributed by atoms with Crippen molar-refractivity contribution in [2.24, 2.45) is 0 Å². The number of anilines is 2. The Kier molecular flexibility index (Phi) is 6.14. The van der Waals surface area contributed by atoms with Crippen molar-refractivity contribution in [1.82, 2.24) is 0 Å². The zero-order valence-electron chi connectivity index (χ0n) is 15.7. The van der Waals surface area contributed by atoms with Crippen LogP contribution in [0, 0.1) is 6.92 Å². The minimum atomic E-state index is -0.257. The van der Waals surface area contributed by atoms with Gasteiger partial charge in [-0.15, -0.1) is 0 Å². The normalized spacial score (nSPS) is 12.8. The molecule has 2 aromatic rings. The van der Waals surface area contributed by atoms with Crippen LogP contribution in [-0.2, 0) is 16.0 Å². The fraction of sp³-hybridized carbons (Fsp3) is 0.286. The molecule has 2 amide bonds. The number of hydrogen-bond acceptors (Lipinski definition) is 4. The van der Waals surface area contributed by atoms with E-state index in [9.17, 15) is 14.4 Å². The molecule has 3 rings (SSSR count). The number of methoxy groups -OCH3 is 1. The van der Waals surface area contributed by atoms with Gasteiger partial charge >= 0.3 is 0 Å². The third-order valence-electron chi connectivity index (χ3n) is 4.66. The van der Waals surface area contributed by atoms with Gasteiger partial charge in [0.05, 0.1) is 12.8 Å². The van der Waals surface area contributed by atoms with E-state index < -0.39 is 0 Å². The number of benzene rings is 2. The fourth-order valence-electron chi connectivity index (χ4n) is 3.06. The Balaban J connectivity index is 1.61. The van der Waals surface area contributed by atoms with Crippen molar-refractivity contribution in [1.29, 1.82) is 0 Å². The Bertz CT molecular complexity index is 956. The van der Waals surface area contributed by atoms with Gasteiger partial charge in [0.2, 0.25) is 11.8 Å². The van der Waals surface area contributed by atoms with E-state index in [4.69, 9.17) is 4.74 Å². The Morgan fingerprint density at radius 2 is 1.96 bits per heavy atom. The van der Waals surface area contributed by atoms with Gasteiger partial charge in [-0.3, -0.25) is 14.4 Å². The molecule has 0 spiro atoms. The number of Topliss-reactive ketones (excluding diaryl/α,β-unsaturated/α-hetero) is 1. The molecule has 1 aliphatic rings. The molecule has 0 saturated heterocycles. The molecule has 28 heavy (non-hydrogen) atoms. The van der Waals surface area contributed by atoms with E-state index in [2.05, 4.69) is 26.6 Å². The minimum Gasteiger partial charge on any atom is -0.495 e. The van der Waals surface area contributed by atoms with Crippen molar-refractivity contribution >= 4 is 44.9 Å². The van der Waals surface area contributed by atoms with E-state index >= 15 is 0 Å². The van der Waals surface area contributed by atoms with Crippen LogP contribution in [0.1, 0.15) is 40.7 Å². The molecule has 0 atom stereocenters. The third-order valence-corrected chi connectivity index (χ3v) is 5.51. The van der Waals surface area contributed by atoms with Gasteiger partial charge in [0.15, 0.2) is 5.78 Å². The number of nitrogens with one attached hydrogen (secondary N) is 2. The van der Waals surface area contributed by atoms with E-state index in [-0.39, 0.29) is 30.4 Å². The SMILES string of the molecule is COc1cc(C)c(Br)cc1NC(=O)CCC(=O)c1ccc2c(c1)CCC(=O)N2. The largest absolute Gasteiger partial charge is 0.495 e. The van der Waals surface area contributed by atoms with Crippen molar-refractivity contribution < 1.29 is 19.1 Å². The molecule has 0 aromatic heterocycles. The summed E-state index contributed by atoms with van der Waals surface area (Å²) in [5, 5.41) is 5.59. The highest BCUT2D eigenvalue weighted by Gasteiger charge is 2.17. The molecule has 1 heterocycles. The fourth-order valence-corrected chi connectivity index (χ4v) is 3.41.